The van der Waals surface area contributed by atoms with Crippen molar-refractivity contribution in [2.45, 2.75) is 70.5 Å². The summed E-state index contributed by atoms with van der Waals surface area (Å²) in [6.45, 7) is 4.61. The number of hydrogen-bond acceptors (Lipinski definition) is 3. The second-order valence-corrected chi connectivity index (χ2v) is 7.23. The fourth-order valence-corrected chi connectivity index (χ4v) is 3.39. The predicted octanol–water partition coefficient (Wildman–Crippen LogP) is 4.54. The zero-order valence-corrected chi connectivity index (χ0v) is 14.8. The van der Waals surface area contributed by atoms with Crippen LogP contribution in [0.1, 0.15) is 58.8 Å². The predicted molar refractivity (Wildman–Crippen MR) is 95.3 cm³/mol. The number of nitrogens with one attached hydrogen (secondary N) is 1. The molecular formula is C20H29NO3. The average Bonchev–Trinajstić information content (AvgIpc) is 3.33. The van der Waals surface area contributed by atoms with E-state index in [0.29, 0.717) is 18.6 Å². The monoisotopic (exact) mass is 331 g/mol. The molecule has 2 fully saturated rings. The van der Waals surface area contributed by atoms with Crippen LogP contribution in [0.25, 0.3) is 0 Å². The highest BCUT2D eigenvalue weighted by molar-refractivity contribution is 5.97. The van der Waals surface area contributed by atoms with Gasteiger partial charge in [0.05, 0.1) is 6.10 Å². The Morgan fingerprint density at radius 3 is 2.42 bits per heavy atom. The topological polar surface area (TPSA) is 47.6 Å². The lowest BCUT2D eigenvalue weighted by Crippen LogP contribution is -2.45. The number of ether oxygens (including phenoxy) is 2. The molecule has 1 amide bonds. The molecule has 0 aromatic heterocycles. The molecule has 0 bridgehead atoms. The summed E-state index contributed by atoms with van der Waals surface area (Å²) in [6.07, 6.45) is 8.23. The van der Waals surface area contributed by atoms with Gasteiger partial charge in [-0.2, -0.15) is 0 Å². The number of carbonyl (C=O) groups is 1. The molecule has 2 aliphatic carbocycles. The van der Waals surface area contributed by atoms with Crippen LogP contribution in [0.3, 0.4) is 0 Å². The van der Waals surface area contributed by atoms with Crippen molar-refractivity contribution >= 4 is 11.6 Å². The lowest BCUT2D eigenvalue weighted by molar-refractivity contribution is -0.142. The van der Waals surface area contributed by atoms with Crippen LogP contribution in [0.5, 0.6) is 5.75 Å². The van der Waals surface area contributed by atoms with Crippen LogP contribution in [-0.4, -0.2) is 24.2 Å². The van der Waals surface area contributed by atoms with Crippen molar-refractivity contribution in [1.29, 1.82) is 0 Å². The number of benzene rings is 1. The second-order valence-electron chi connectivity index (χ2n) is 7.23. The van der Waals surface area contributed by atoms with Crippen molar-refractivity contribution in [2.24, 2.45) is 5.92 Å². The van der Waals surface area contributed by atoms with E-state index in [2.05, 4.69) is 12.2 Å². The maximum atomic E-state index is 12.7. The average molecular weight is 331 g/mol. The normalized spacial score (nSPS) is 20.6. The van der Waals surface area contributed by atoms with Gasteiger partial charge in [0.2, 0.25) is 0 Å². The molecule has 1 aromatic carbocycles. The van der Waals surface area contributed by atoms with Gasteiger partial charge >= 0.3 is 0 Å². The Labute approximate surface area is 144 Å². The van der Waals surface area contributed by atoms with Gasteiger partial charge in [0.15, 0.2) is 0 Å². The highest BCUT2D eigenvalue weighted by atomic mass is 16.5. The molecule has 1 atom stereocenters. The minimum atomic E-state index is -0.713. The first kappa shape index (κ1) is 17.3. The number of carbonyl (C=O) groups excluding carboxylic acids is 1. The lowest BCUT2D eigenvalue weighted by atomic mass is 9.98. The Balaban J connectivity index is 1.58. The smallest absolute Gasteiger partial charge is 0.256 e. The van der Waals surface area contributed by atoms with Crippen LogP contribution in [0.4, 0.5) is 5.69 Å². The summed E-state index contributed by atoms with van der Waals surface area (Å²) in [6, 6.07) is 7.70. The third-order valence-electron chi connectivity index (χ3n) is 5.13. The van der Waals surface area contributed by atoms with Gasteiger partial charge < -0.3 is 14.8 Å². The number of hydrogen-bond donors (Lipinski definition) is 1. The molecule has 0 radical (unpaired) electrons. The van der Waals surface area contributed by atoms with Crippen molar-refractivity contribution in [3.63, 3.8) is 0 Å². The highest BCUT2D eigenvalue weighted by Gasteiger charge is 2.48. The van der Waals surface area contributed by atoms with E-state index in [4.69, 9.17) is 9.47 Å². The van der Waals surface area contributed by atoms with Crippen molar-refractivity contribution < 1.29 is 14.3 Å². The summed E-state index contributed by atoms with van der Waals surface area (Å²) in [5, 5.41) is 3.01. The van der Waals surface area contributed by atoms with E-state index in [1.807, 2.05) is 31.2 Å². The molecule has 3 rings (SSSR count). The maximum absolute atomic E-state index is 12.7. The summed E-state index contributed by atoms with van der Waals surface area (Å²) in [5.41, 5.74) is 0.0837. The summed E-state index contributed by atoms with van der Waals surface area (Å²) in [5.74, 6) is 1.18. The maximum Gasteiger partial charge on any atom is 0.256 e. The molecule has 1 N–H and O–H groups in total. The first-order valence-corrected chi connectivity index (χ1v) is 9.34. The summed E-state index contributed by atoms with van der Waals surface area (Å²) < 4.78 is 11.9. The molecule has 0 aliphatic heterocycles. The Hall–Kier alpha value is -1.55. The standard InChI is InChI=1S/C20H29NO3/c1-3-14-23-20(2,15-8-9-15)19(22)21-16-10-12-18(13-11-16)24-17-6-4-5-7-17/h10-13,15,17H,3-9,14H2,1-2H3,(H,21,22)/t20-/m1/s1. The Kier molecular flexibility index (Phi) is 5.44. The molecule has 132 valence electrons. The van der Waals surface area contributed by atoms with Gasteiger partial charge in [-0.1, -0.05) is 6.92 Å². The van der Waals surface area contributed by atoms with Crippen LogP contribution in [0, 0.1) is 5.92 Å². The van der Waals surface area contributed by atoms with Crippen LogP contribution in [0.2, 0.25) is 0 Å². The fraction of sp³-hybridized carbons (Fsp3) is 0.650. The zero-order valence-electron chi connectivity index (χ0n) is 14.8. The molecule has 24 heavy (non-hydrogen) atoms. The summed E-state index contributed by atoms with van der Waals surface area (Å²) in [7, 11) is 0. The van der Waals surface area contributed by atoms with Crippen molar-refractivity contribution in [3.8, 4) is 5.75 Å². The largest absolute Gasteiger partial charge is 0.490 e. The second kappa shape index (κ2) is 7.56. The highest BCUT2D eigenvalue weighted by Crippen LogP contribution is 2.42. The molecule has 2 aliphatic rings. The van der Waals surface area contributed by atoms with Gasteiger partial charge in [0.25, 0.3) is 5.91 Å². The van der Waals surface area contributed by atoms with E-state index in [9.17, 15) is 4.79 Å². The summed E-state index contributed by atoms with van der Waals surface area (Å²) in [4.78, 5) is 12.7. The molecule has 0 heterocycles. The number of anilines is 1. The summed E-state index contributed by atoms with van der Waals surface area (Å²) >= 11 is 0. The van der Waals surface area contributed by atoms with Crippen LogP contribution in [-0.2, 0) is 9.53 Å². The molecule has 2 saturated carbocycles. The van der Waals surface area contributed by atoms with E-state index < -0.39 is 5.60 Å². The molecule has 1 aromatic rings. The lowest BCUT2D eigenvalue weighted by Gasteiger charge is -2.28. The van der Waals surface area contributed by atoms with Gasteiger partial charge in [-0.15, -0.1) is 0 Å². The molecule has 0 unspecified atom stereocenters. The minimum absolute atomic E-state index is 0.0390. The Bertz CT molecular complexity index is 547. The van der Waals surface area contributed by atoms with Gasteiger partial charge in [0, 0.05) is 12.3 Å². The third-order valence-corrected chi connectivity index (χ3v) is 5.13. The molecular weight excluding hydrogens is 302 g/mol. The molecule has 0 spiro atoms. The van der Waals surface area contributed by atoms with E-state index in [-0.39, 0.29) is 5.91 Å². The Morgan fingerprint density at radius 1 is 1.17 bits per heavy atom. The van der Waals surface area contributed by atoms with Gasteiger partial charge in [-0.05, 0) is 82.1 Å². The van der Waals surface area contributed by atoms with Gasteiger partial charge in [-0.25, -0.2) is 0 Å². The van der Waals surface area contributed by atoms with Gasteiger partial charge in [-0.3, -0.25) is 4.79 Å². The number of rotatable bonds is 8. The van der Waals surface area contributed by atoms with Crippen molar-refractivity contribution in [2.75, 3.05) is 11.9 Å². The molecule has 0 saturated heterocycles. The van der Waals surface area contributed by atoms with Crippen LogP contribution in [0.15, 0.2) is 24.3 Å². The Morgan fingerprint density at radius 2 is 1.83 bits per heavy atom. The van der Waals surface area contributed by atoms with E-state index in [0.717, 1.165) is 43.5 Å². The van der Waals surface area contributed by atoms with E-state index >= 15 is 0 Å². The van der Waals surface area contributed by atoms with Gasteiger partial charge in [0.1, 0.15) is 11.4 Å². The fourth-order valence-electron chi connectivity index (χ4n) is 3.39. The van der Waals surface area contributed by atoms with Crippen molar-refractivity contribution in [3.05, 3.63) is 24.3 Å². The molecule has 4 heteroatoms. The van der Waals surface area contributed by atoms with Crippen LogP contribution >= 0.6 is 0 Å². The molecule has 4 nitrogen and oxygen atoms in total. The quantitative estimate of drug-likeness (QED) is 0.760. The van der Waals surface area contributed by atoms with Crippen LogP contribution < -0.4 is 10.1 Å². The third kappa shape index (κ3) is 4.10. The number of amides is 1. The first-order valence-electron chi connectivity index (χ1n) is 9.34. The van der Waals surface area contributed by atoms with E-state index in [1.54, 1.807) is 0 Å². The zero-order chi connectivity index (χ0) is 17.0. The SMILES string of the molecule is CCCO[C@@](C)(C(=O)Nc1ccc(OC2CCCC2)cc1)C1CC1. The van der Waals surface area contributed by atoms with Crippen molar-refractivity contribution in [1.82, 2.24) is 0 Å². The first-order chi connectivity index (χ1) is 11.6. The minimum Gasteiger partial charge on any atom is -0.490 e. The van der Waals surface area contributed by atoms with E-state index in [1.165, 1.54) is 12.8 Å².